The van der Waals surface area contributed by atoms with Crippen LogP contribution in [0.25, 0.3) is 99.1 Å². The molecule has 10 aromatic rings. The standard InChI is InChI=1S/C57H40/c1-57(2)53-26-12-24-50-49-29-28-45(36-52(49)51-25-13-27-54(57)56(51)55(50)53)41-20-11-23-44(32-41)48-34-46(42-21-9-18-39(30-42)37-14-5-3-6-15-37)33-47(35-48)43-22-10-19-40(31-43)38-16-7-4-8-17-38/h3-36H,1-2H3. The van der Waals surface area contributed by atoms with Crippen LogP contribution in [0.1, 0.15) is 25.0 Å². The van der Waals surface area contributed by atoms with Gasteiger partial charge in [-0.2, -0.15) is 0 Å². The number of benzene rings is 10. The first kappa shape index (κ1) is 33.3. The monoisotopic (exact) mass is 724 g/mol. The van der Waals surface area contributed by atoms with Gasteiger partial charge in [0.25, 0.3) is 0 Å². The maximum Gasteiger partial charge on any atom is 0.0159 e. The Morgan fingerprint density at radius 2 is 0.561 bits per heavy atom. The van der Waals surface area contributed by atoms with Crippen LogP contribution in [0.3, 0.4) is 0 Å². The van der Waals surface area contributed by atoms with Gasteiger partial charge < -0.3 is 0 Å². The van der Waals surface area contributed by atoms with E-state index in [2.05, 4.69) is 220 Å². The van der Waals surface area contributed by atoms with Crippen molar-refractivity contribution >= 4 is 32.3 Å². The van der Waals surface area contributed by atoms with Gasteiger partial charge in [-0.3, -0.25) is 0 Å². The summed E-state index contributed by atoms with van der Waals surface area (Å²) in [4.78, 5) is 0. The molecule has 1 aliphatic carbocycles. The van der Waals surface area contributed by atoms with Crippen LogP contribution < -0.4 is 0 Å². The number of fused-ring (bicyclic) bond motifs is 3. The lowest BCUT2D eigenvalue weighted by Gasteiger charge is -2.21. The van der Waals surface area contributed by atoms with Gasteiger partial charge in [0.1, 0.15) is 0 Å². The largest absolute Gasteiger partial charge is 0.0622 e. The van der Waals surface area contributed by atoms with Crippen LogP contribution in [0, 0.1) is 0 Å². The molecule has 0 aliphatic heterocycles. The summed E-state index contributed by atoms with van der Waals surface area (Å²) in [5, 5.41) is 8.18. The minimum atomic E-state index is -0.0188. The lowest BCUT2D eigenvalue weighted by molar-refractivity contribution is 0.663. The molecule has 1 aliphatic rings. The predicted octanol–water partition coefficient (Wildman–Crippen LogP) is 15.8. The van der Waals surface area contributed by atoms with Gasteiger partial charge in [-0.25, -0.2) is 0 Å². The molecule has 0 saturated carbocycles. The van der Waals surface area contributed by atoms with Gasteiger partial charge >= 0.3 is 0 Å². The SMILES string of the molecule is CC1(C)c2cccc3c4ccc(-c5cccc(-c6cc(-c7cccc(-c8ccccc8)c7)cc(-c7cccc(-c8ccccc8)c7)c6)c5)cc4c4cccc1c4c23. The summed E-state index contributed by atoms with van der Waals surface area (Å²) in [7, 11) is 0. The van der Waals surface area contributed by atoms with Crippen molar-refractivity contribution < 1.29 is 0 Å². The van der Waals surface area contributed by atoms with Crippen molar-refractivity contribution in [2.75, 3.05) is 0 Å². The fraction of sp³-hybridized carbons (Fsp3) is 0.0526. The van der Waals surface area contributed by atoms with E-state index in [4.69, 9.17) is 0 Å². The molecule has 0 heteroatoms. The third-order valence-electron chi connectivity index (χ3n) is 12.4. The highest BCUT2D eigenvalue weighted by Gasteiger charge is 2.34. The van der Waals surface area contributed by atoms with Crippen molar-refractivity contribution in [3.05, 3.63) is 217 Å². The zero-order chi connectivity index (χ0) is 38.1. The second-order valence-corrected chi connectivity index (χ2v) is 16.1. The summed E-state index contributed by atoms with van der Waals surface area (Å²) >= 11 is 0. The van der Waals surface area contributed by atoms with Crippen LogP contribution in [0.2, 0.25) is 0 Å². The molecule has 0 unspecified atom stereocenters. The lowest BCUT2D eigenvalue weighted by Crippen LogP contribution is -2.14. The van der Waals surface area contributed by atoms with Crippen LogP contribution >= 0.6 is 0 Å². The van der Waals surface area contributed by atoms with E-state index in [0.29, 0.717) is 0 Å². The highest BCUT2D eigenvalue weighted by molar-refractivity contribution is 6.29. The first-order valence-corrected chi connectivity index (χ1v) is 20.0. The topological polar surface area (TPSA) is 0 Å². The fourth-order valence-corrected chi connectivity index (χ4v) is 9.48. The molecule has 10 aromatic carbocycles. The zero-order valence-corrected chi connectivity index (χ0v) is 32.1. The molecule has 0 spiro atoms. The van der Waals surface area contributed by atoms with E-state index in [1.54, 1.807) is 0 Å². The van der Waals surface area contributed by atoms with Crippen LogP contribution in [0.15, 0.2) is 206 Å². The van der Waals surface area contributed by atoms with Gasteiger partial charge in [0.05, 0.1) is 0 Å². The Labute approximate surface area is 334 Å². The van der Waals surface area contributed by atoms with Crippen molar-refractivity contribution in [2.45, 2.75) is 19.3 Å². The minimum absolute atomic E-state index is 0.0188. The Morgan fingerprint density at radius 3 is 1.02 bits per heavy atom. The normalized spacial score (nSPS) is 12.9. The Kier molecular flexibility index (Phi) is 7.63. The molecule has 11 rings (SSSR count). The van der Waals surface area contributed by atoms with E-state index in [9.17, 15) is 0 Å². The molecule has 0 atom stereocenters. The van der Waals surface area contributed by atoms with Gasteiger partial charge in [-0.05, 0) is 153 Å². The van der Waals surface area contributed by atoms with E-state index in [1.807, 2.05) is 0 Å². The van der Waals surface area contributed by atoms with Gasteiger partial charge in [0.2, 0.25) is 0 Å². The number of hydrogen-bond acceptors (Lipinski definition) is 0. The summed E-state index contributed by atoms with van der Waals surface area (Å²) < 4.78 is 0. The molecular weight excluding hydrogens is 685 g/mol. The Bertz CT molecular complexity index is 3080. The first-order valence-electron chi connectivity index (χ1n) is 20.0. The van der Waals surface area contributed by atoms with Crippen LogP contribution in [-0.2, 0) is 5.41 Å². The lowest BCUT2D eigenvalue weighted by atomic mass is 9.82. The van der Waals surface area contributed by atoms with Crippen molar-refractivity contribution in [1.82, 2.24) is 0 Å². The molecule has 57 heavy (non-hydrogen) atoms. The average molecular weight is 725 g/mol. The second-order valence-electron chi connectivity index (χ2n) is 16.1. The maximum absolute atomic E-state index is 2.43. The molecule has 0 fully saturated rings. The van der Waals surface area contributed by atoms with Crippen molar-refractivity contribution in [3.63, 3.8) is 0 Å². The first-order chi connectivity index (χ1) is 28.0. The smallest absolute Gasteiger partial charge is 0.0159 e. The number of rotatable bonds is 6. The summed E-state index contributed by atoms with van der Waals surface area (Å²) in [5.74, 6) is 0. The third-order valence-corrected chi connectivity index (χ3v) is 12.4. The Balaban J connectivity index is 1.07. The molecule has 268 valence electrons. The van der Waals surface area contributed by atoms with E-state index < -0.39 is 0 Å². The van der Waals surface area contributed by atoms with Crippen molar-refractivity contribution in [2.24, 2.45) is 0 Å². The predicted molar refractivity (Wildman–Crippen MR) is 244 cm³/mol. The fourth-order valence-electron chi connectivity index (χ4n) is 9.48. The van der Waals surface area contributed by atoms with Crippen molar-refractivity contribution in [1.29, 1.82) is 0 Å². The molecule has 0 nitrogen and oxygen atoms in total. The summed E-state index contributed by atoms with van der Waals surface area (Å²) in [5.41, 5.74) is 17.4. The summed E-state index contributed by atoms with van der Waals surface area (Å²) in [6.07, 6.45) is 0. The third kappa shape index (κ3) is 5.52. The second kappa shape index (κ2) is 13.0. The molecular formula is C57H40. The Hall–Kier alpha value is -7.02. The minimum Gasteiger partial charge on any atom is -0.0622 e. The van der Waals surface area contributed by atoms with E-state index in [1.165, 1.54) is 110 Å². The molecule has 0 heterocycles. The van der Waals surface area contributed by atoms with Crippen LogP contribution in [0.4, 0.5) is 0 Å². The van der Waals surface area contributed by atoms with Gasteiger partial charge in [-0.1, -0.05) is 178 Å². The quantitative estimate of drug-likeness (QED) is 0.150. The van der Waals surface area contributed by atoms with Gasteiger partial charge in [-0.15, -0.1) is 0 Å². The highest BCUT2D eigenvalue weighted by atomic mass is 14.4. The molecule has 0 saturated heterocycles. The van der Waals surface area contributed by atoms with Crippen LogP contribution in [0.5, 0.6) is 0 Å². The molecule has 0 amide bonds. The highest BCUT2D eigenvalue weighted by Crippen LogP contribution is 2.51. The summed E-state index contributed by atoms with van der Waals surface area (Å²) in [6.45, 7) is 4.75. The molecule has 0 radical (unpaired) electrons. The molecule has 0 aromatic heterocycles. The Morgan fingerprint density at radius 1 is 0.228 bits per heavy atom. The molecule has 0 bridgehead atoms. The van der Waals surface area contributed by atoms with Crippen LogP contribution in [-0.4, -0.2) is 0 Å². The van der Waals surface area contributed by atoms with Gasteiger partial charge in [0.15, 0.2) is 0 Å². The average Bonchev–Trinajstić information content (AvgIpc) is 3.53. The van der Waals surface area contributed by atoms with Crippen molar-refractivity contribution in [3.8, 4) is 66.8 Å². The molecule has 0 N–H and O–H groups in total. The zero-order valence-electron chi connectivity index (χ0n) is 32.1. The van der Waals surface area contributed by atoms with E-state index >= 15 is 0 Å². The summed E-state index contributed by atoms with van der Waals surface area (Å²) in [6, 6.07) is 76.3. The van der Waals surface area contributed by atoms with E-state index in [0.717, 1.165) is 0 Å². The van der Waals surface area contributed by atoms with Gasteiger partial charge in [0, 0.05) is 5.41 Å². The number of hydrogen-bond donors (Lipinski definition) is 0. The van der Waals surface area contributed by atoms with E-state index in [-0.39, 0.29) is 5.41 Å². The maximum atomic E-state index is 2.43.